The van der Waals surface area contributed by atoms with Crippen LogP contribution in [0.4, 0.5) is 5.82 Å². The fourth-order valence-corrected chi connectivity index (χ4v) is 3.45. The summed E-state index contributed by atoms with van der Waals surface area (Å²) in [5.74, 6) is -0.0897. The number of H-pyrrole nitrogens is 2. The average Bonchev–Trinajstić information content (AvgIpc) is 3.34. The molecule has 0 spiro atoms. The highest BCUT2D eigenvalue weighted by atomic mass is 16.2. The van der Waals surface area contributed by atoms with Gasteiger partial charge in [0.25, 0.3) is 0 Å². The summed E-state index contributed by atoms with van der Waals surface area (Å²) in [6.07, 6.45) is 2.41. The Morgan fingerprint density at radius 1 is 1.07 bits per heavy atom. The molecule has 0 bridgehead atoms. The molecule has 1 atom stereocenters. The standard InChI is InChI=1S/C23H23N5O2/c1-15-11-21(28-27-15)26-23(30)20(12-16-7-3-2-4-8-16)25-22(29)13-17-14-24-19-10-6-5-9-18(17)19/h2-11,14,20,24H,12-13H2,1H3,(H,25,29)(H2,26,27,28,30)/t20-/m0/s1. The van der Waals surface area contributed by atoms with Crippen molar-refractivity contribution >= 4 is 28.5 Å². The maximum absolute atomic E-state index is 12.9. The van der Waals surface area contributed by atoms with Crippen molar-refractivity contribution in [3.05, 3.63) is 83.7 Å². The number of nitrogens with zero attached hydrogens (tertiary/aromatic N) is 1. The van der Waals surface area contributed by atoms with Gasteiger partial charge in [0, 0.05) is 35.3 Å². The first-order valence-corrected chi connectivity index (χ1v) is 9.79. The lowest BCUT2D eigenvalue weighted by atomic mass is 10.0. The van der Waals surface area contributed by atoms with Crippen LogP contribution in [0, 0.1) is 6.92 Å². The Morgan fingerprint density at radius 3 is 2.60 bits per heavy atom. The molecular weight excluding hydrogens is 378 g/mol. The number of para-hydroxylation sites is 1. The maximum atomic E-state index is 12.9. The molecule has 0 aliphatic heterocycles. The second kappa shape index (κ2) is 8.65. The number of aryl methyl sites for hydroxylation is 1. The number of nitrogens with one attached hydrogen (secondary N) is 4. The van der Waals surface area contributed by atoms with Gasteiger partial charge in [-0.15, -0.1) is 0 Å². The number of rotatable bonds is 7. The smallest absolute Gasteiger partial charge is 0.248 e. The summed E-state index contributed by atoms with van der Waals surface area (Å²) in [7, 11) is 0. The molecule has 0 fully saturated rings. The molecule has 0 aliphatic carbocycles. The minimum atomic E-state index is -0.720. The van der Waals surface area contributed by atoms with Crippen molar-refractivity contribution in [2.24, 2.45) is 0 Å². The van der Waals surface area contributed by atoms with Crippen LogP contribution in [-0.2, 0) is 22.4 Å². The van der Waals surface area contributed by atoms with E-state index >= 15 is 0 Å². The van der Waals surface area contributed by atoms with Crippen LogP contribution in [0.2, 0.25) is 0 Å². The highest BCUT2D eigenvalue weighted by Gasteiger charge is 2.22. The summed E-state index contributed by atoms with van der Waals surface area (Å²) in [5.41, 5.74) is 3.68. The summed E-state index contributed by atoms with van der Waals surface area (Å²) >= 11 is 0. The number of carbonyl (C=O) groups excluding carboxylic acids is 2. The first-order chi connectivity index (χ1) is 14.6. The van der Waals surface area contributed by atoms with E-state index in [1.54, 1.807) is 6.07 Å². The molecule has 0 aliphatic rings. The van der Waals surface area contributed by atoms with Crippen LogP contribution in [0.15, 0.2) is 66.9 Å². The molecular formula is C23H23N5O2. The lowest BCUT2D eigenvalue weighted by Gasteiger charge is -2.18. The first kappa shape index (κ1) is 19.4. The molecule has 4 rings (SSSR count). The number of benzene rings is 2. The van der Waals surface area contributed by atoms with Crippen molar-refractivity contribution in [3.8, 4) is 0 Å². The fourth-order valence-electron chi connectivity index (χ4n) is 3.45. The van der Waals surface area contributed by atoms with Gasteiger partial charge in [0.2, 0.25) is 11.8 Å². The molecule has 0 saturated heterocycles. The first-order valence-electron chi connectivity index (χ1n) is 9.79. The van der Waals surface area contributed by atoms with E-state index in [-0.39, 0.29) is 18.2 Å². The molecule has 30 heavy (non-hydrogen) atoms. The molecule has 2 aromatic heterocycles. The molecule has 0 saturated carbocycles. The zero-order valence-corrected chi connectivity index (χ0v) is 16.6. The molecule has 4 N–H and O–H groups in total. The summed E-state index contributed by atoms with van der Waals surface area (Å²) in [6, 6.07) is 18.5. The SMILES string of the molecule is Cc1cc(NC(=O)[C@H](Cc2ccccc2)NC(=O)Cc2c[nH]c3ccccc23)n[nH]1. The van der Waals surface area contributed by atoms with Gasteiger partial charge in [-0.3, -0.25) is 14.7 Å². The number of anilines is 1. The van der Waals surface area contributed by atoms with Gasteiger partial charge in [-0.25, -0.2) is 0 Å². The number of amides is 2. The number of hydrogen-bond acceptors (Lipinski definition) is 3. The van der Waals surface area contributed by atoms with E-state index in [1.165, 1.54) is 0 Å². The van der Waals surface area contributed by atoms with Gasteiger partial charge in [-0.2, -0.15) is 5.10 Å². The lowest BCUT2D eigenvalue weighted by molar-refractivity contribution is -0.126. The van der Waals surface area contributed by atoms with E-state index in [0.29, 0.717) is 12.2 Å². The Labute approximate surface area is 173 Å². The zero-order chi connectivity index (χ0) is 20.9. The van der Waals surface area contributed by atoms with Crippen LogP contribution in [0.1, 0.15) is 16.8 Å². The topological polar surface area (TPSA) is 103 Å². The molecule has 2 amide bonds. The fraction of sp³-hybridized carbons (Fsp3) is 0.174. The van der Waals surface area contributed by atoms with Crippen molar-refractivity contribution in [1.29, 1.82) is 0 Å². The highest BCUT2D eigenvalue weighted by Crippen LogP contribution is 2.18. The Hall–Kier alpha value is -3.87. The Balaban J connectivity index is 1.49. The van der Waals surface area contributed by atoms with Crippen molar-refractivity contribution in [1.82, 2.24) is 20.5 Å². The summed E-state index contributed by atoms with van der Waals surface area (Å²) < 4.78 is 0. The van der Waals surface area contributed by atoms with E-state index in [2.05, 4.69) is 25.8 Å². The molecule has 0 radical (unpaired) electrons. The summed E-state index contributed by atoms with van der Waals surface area (Å²) in [6.45, 7) is 1.85. The minimum Gasteiger partial charge on any atom is -0.361 e. The number of carbonyl (C=O) groups is 2. The van der Waals surface area contributed by atoms with E-state index in [0.717, 1.165) is 27.7 Å². The van der Waals surface area contributed by atoms with E-state index in [4.69, 9.17) is 0 Å². The number of aromatic nitrogens is 3. The van der Waals surface area contributed by atoms with Gasteiger partial charge in [-0.05, 0) is 24.1 Å². The van der Waals surface area contributed by atoms with Crippen LogP contribution in [0.5, 0.6) is 0 Å². The number of hydrogen-bond donors (Lipinski definition) is 4. The predicted octanol–water partition coefficient (Wildman–Crippen LogP) is 3.11. The van der Waals surface area contributed by atoms with E-state index in [9.17, 15) is 9.59 Å². The van der Waals surface area contributed by atoms with Gasteiger partial charge < -0.3 is 15.6 Å². The van der Waals surface area contributed by atoms with Crippen molar-refractivity contribution in [2.45, 2.75) is 25.8 Å². The van der Waals surface area contributed by atoms with Crippen molar-refractivity contribution in [3.63, 3.8) is 0 Å². The predicted molar refractivity (Wildman–Crippen MR) is 116 cm³/mol. The molecule has 7 heteroatoms. The van der Waals surface area contributed by atoms with Crippen LogP contribution in [-0.4, -0.2) is 33.0 Å². The average molecular weight is 401 g/mol. The third-order valence-electron chi connectivity index (χ3n) is 4.92. The summed E-state index contributed by atoms with van der Waals surface area (Å²) in [4.78, 5) is 28.9. The quantitative estimate of drug-likeness (QED) is 0.383. The third kappa shape index (κ3) is 4.57. The van der Waals surface area contributed by atoms with Gasteiger partial charge in [0.15, 0.2) is 5.82 Å². The Kier molecular flexibility index (Phi) is 5.61. The highest BCUT2D eigenvalue weighted by molar-refractivity contribution is 5.97. The second-order valence-electron chi connectivity index (χ2n) is 7.27. The number of aromatic amines is 2. The molecule has 0 unspecified atom stereocenters. The van der Waals surface area contributed by atoms with Gasteiger partial charge >= 0.3 is 0 Å². The third-order valence-corrected chi connectivity index (χ3v) is 4.92. The minimum absolute atomic E-state index is 0.185. The zero-order valence-electron chi connectivity index (χ0n) is 16.6. The van der Waals surface area contributed by atoms with Crippen LogP contribution in [0.3, 0.4) is 0 Å². The molecule has 7 nitrogen and oxygen atoms in total. The van der Waals surface area contributed by atoms with Crippen molar-refractivity contribution in [2.75, 3.05) is 5.32 Å². The van der Waals surface area contributed by atoms with Gasteiger partial charge in [0.05, 0.1) is 6.42 Å². The molecule has 2 aromatic carbocycles. The van der Waals surface area contributed by atoms with Crippen LogP contribution >= 0.6 is 0 Å². The van der Waals surface area contributed by atoms with Gasteiger partial charge in [0.1, 0.15) is 6.04 Å². The van der Waals surface area contributed by atoms with E-state index < -0.39 is 6.04 Å². The summed E-state index contributed by atoms with van der Waals surface area (Å²) in [5, 5.41) is 13.5. The van der Waals surface area contributed by atoms with Gasteiger partial charge in [-0.1, -0.05) is 48.5 Å². The lowest BCUT2D eigenvalue weighted by Crippen LogP contribution is -2.45. The normalized spacial score (nSPS) is 11.9. The molecule has 152 valence electrons. The second-order valence-corrected chi connectivity index (χ2v) is 7.27. The Bertz CT molecular complexity index is 1160. The largest absolute Gasteiger partial charge is 0.361 e. The monoisotopic (exact) mass is 401 g/mol. The van der Waals surface area contributed by atoms with E-state index in [1.807, 2.05) is 67.7 Å². The number of fused-ring (bicyclic) bond motifs is 1. The maximum Gasteiger partial charge on any atom is 0.248 e. The van der Waals surface area contributed by atoms with Crippen molar-refractivity contribution < 1.29 is 9.59 Å². The molecule has 2 heterocycles. The Morgan fingerprint density at radius 2 is 1.83 bits per heavy atom. The van der Waals surface area contributed by atoms with Crippen LogP contribution in [0.25, 0.3) is 10.9 Å². The molecule has 4 aromatic rings. The van der Waals surface area contributed by atoms with Crippen LogP contribution < -0.4 is 10.6 Å².